The third kappa shape index (κ3) is 6.19. The van der Waals surface area contributed by atoms with Gasteiger partial charge in [0, 0.05) is 24.7 Å². The van der Waals surface area contributed by atoms with E-state index in [1.807, 2.05) is 45.0 Å². The van der Waals surface area contributed by atoms with Crippen LogP contribution in [-0.4, -0.2) is 35.3 Å². The fourth-order valence-electron chi connectivity index (χ4n) is 4.37. The maximum Gasteiger partial charge on any atom is 0.252 e. The predicted molar refractivity (Wildman–Crippen MR) is 129 cm³/mol. The Bertz CT molecular complexity index is 925. The molecule has 1 saturated heterocycles. The molecule has 172 valence electrons. The summed E-state index contributed by atoms with van der Waals surface area (Å²) in [6, 6.07) is 15.8. The van der Waals surface area contributed by atoms with Gasteiger partial charge in [0.2, 0.25) is 5.91 Å². The zero-order valence-electron chi connectivity index (χ0n) is 19.9. The molecule has 1 fully saturated rings. The minimum atomic E-state index is -0.587. The van der Waals surface area contributed by atoms with Crippen LogP contribution in [-0.2, 0) is 17.9 Å². The van der Waals surface area contributed by atoms with Gasteiger partial charge in [-0.25, -0.2) is 0 Å². The number of carbonyl (C=O) groups is 2. The lowest BCUT2D eigenvalue weighted by Crippen LogP contribution is -2.49. The second-order valence-corrected chi connectivity index (χ2v) is 9.31. The van der Waals surface area contributed by atoms with Crippen molar-refractivity contribution in [1.29, 1.82) is 0 Å². The minimum absolute atomic E-state index is 0.0209. The Morgan fingerprint density at radius 3 is 2.41 bits per heavy atom. The van der Waals surface area contributed by atoms with Crippen molar-refractivity contribution in [2.45, 2.75) is 72.1 Å². The highest BCUT2D eigenvalue weighted by Crippen LogP contribution is 2.21. The van der Waals surface area contributed by atoms with Gasteiger partial charge in [0.15, 0.2) is 0 Å². The van der Waals surface area contributed by atoms with E-state index in [1.165, 1.54) is 24.8 Å². The molecule has 3 rings (SSSR count). The molecular formula is C27H37N3O2. The van der Waals surface area contributed by atoms with Crippen molar-refractivity contribution < 1.29 is 9.59 Å². The molecule has 1 aliphatic heterocycles. The topological polar surface area (TPSA) is 61.4 Å². The van der Waals surface area contributed by atoms with E-state index in [2.05, 4.69) is 40.7 Å². The lowest BCUT2D eigenvalue weighted by Gasteiger charge is -2.33. The molecule has 1 aliphatic rings. The molecule has 0 spiro atoms. The number of benzene rings is 2. The van der Waals surface area contributed by atoms with Crippen LogP contribution in [0.5, 0.6) is 0 Å². The molecule has 0 saturated carbocycles. The molecule has 2 atom stereocenters. The van der Waals surface area contributed by atoms with Crippen molar-refractivity contribution in [3.8, 4) is 0 Å². The van der Waals surface area contributed by atoms with Gasteiger partial charge in [0.05, 0.1) is 0 Å². The summed E-state index contributed by atoms with van der Waals surface area (Å²) in [4.78, 5) is 28.3. The maximum absolute atomic E-state index is 13.0. The second-order valence-electron chi connectivity index (χ2n) is 9.31. The number of likely N-dealkylation sites (tertiary alicyclic amines) is 1. The first-order valence-corrected chi connectivity index (χ1v) is 11.8. The first kappa shape index (κ1) is 24.0. The molecule has 5 heteroatoms. The molecule has 5 nitrogen and oxygen atoms in total. The smallest absolute Gasteiger partial charge is 0.252 e. The molecule has 2 N–H and O–H groups in total. The summed E-state index contributed by atoms with van der Waals surface area (Å²) in [6.45, 7) is 10.6. The predicted octanol–water partition coefficient (Wildman–Crippen LogP) is 4.44. The van der Waals surface area contributed by atoms with Crippen molar-refractivity contribution in [3.63, 3.8) is 0 Å². The number of nitrogens with zero attached hydrogens (tertiary/aromatic N) is 1. The number of carbonyl (C=O) groups excluding carboxylic acids is 2. The normalized spacial score (nSPS) is 17.7. The molecule has 2 amide bonds. The van der Waals surface area contributed by atoms with E-state index in [-0.39, 0.29) is 17.7 Å². The van der Waals surface area contributed by atoms with E-state index < -0.39 is 6.04 Å². The summed E-state index contributed by atoms with van der Waals surface area (Å²) < 4.78 is 0. The Kier molecular flexibility index (Phi) is 8.46. The molecule has 2 aromatic carbocycles. The molecule has 1 heterocycles. The molecule has 0 aromatic heterocycles. The zero-order chi connectivity index (χ0) is 23.1. The quantitative estimate of drug-likeness (QED) is 0.644. The SMILES string of the molecule is Cc1ccccc1C(=O)NC(C(=O)NCc1ccccc1CN1CCCCC1C)C(C)C. The Balaban J connectivity index is 1.64. The summed E-state index contributed by atoms with van der Waals surface area (Å²) in [5.74, 6) is -0.382. The molecule has 0 aliphatic carbocycles. The highest BCUT2D eigenvalue weighted by atomic mass is 16.2. The van der Waals surface area contributed by atoms with Crippen LogP contribution in [0.25, 0.3) is 0 Å². The van der Waals surface area contributed by atoms with Crippen LogP contribution in [0.2, 0.25) is 0 Å². The number of rotatable bonds is 8. The zero-order valence-corrected chi connectivity index (χ0v) is 19.9. The monoisotopic (exact) mass is 435 g/mol. The number of piperidine rings is 1. The van der Waals surface area contributed by atoms with Gasteiger partial charge < -0.3 is 10.6 Å². The number of nitrogens with one attached hydrogen (secondary N) is 2. The van der Waals surface area contributed by atoms with E-state index in [4.69, 9.17) is 0 Å². The van der Waals surface area contributed by atoms with E-state index in [0.717, 1.165) is 24.2 Å². The number of amides is 2. The van der Waals surface area contributed by atoms with Crippen LogP contribution < -0.4 is 10.6 Å². The van der Waals surface area contributed by atoms with Gasteiger partial charge in [-0.15, -0.1) is 0 Å². The van der Waals surface area contributed by atoms with Gasteiger partial charge >= 0.3 is 0 Å². The fraction of sp³-hybridized carbons (Fsp3) is 0.481. The van der Waals surface area contributed by atoms with Crippen LogP contribution in [0.1, 0.15) is 67.1 Å². The Morgan fingerprint density at radius 2 is 1.72 bits per heavy atom. The number of aryl methyl sites for hydroxylation is 1. The molecule has 0 bridgehead atoms. The van der Waals surface area contributed by atoms with Crippen molar-refractivity contribution in [2.24, 2.45) is 5.92 Å². The van der Waals surface area contributed by atoms with Crippen molar-refractivity contribution in [2.75, 3.05) is 6.54 Å². The first-order valence-electron chi connectivity index (χ1n) is 11.8. The standard InChI is InChI=1S/C27H37N3O2/c1-19(2)25(29-26(31)24-15-8-5-11-20(24)3)27(32)28-17-22-13-6-7-14-23(22)18-30-16-10-9-12-21(30)4/h5-8,11,13-15,19,21,25H,9-10,12,16-18H2,1-4H3,(H,28,32)(H,29,31). The fourth-order valence-corrected chi connectivity index (χ4v) is 4.37. The Hall–Kier alpha value is -2.66. The van der Waals surface area contributed by atoms with Crippen LogP contribution in [0.4, 0.5) is 0 Å². The van der Waals surface area contributed by atoms with Gasteiger partial charge in [0.1, 0.15) is 6.04 Å². The summed E-state index contributed by atoms with van der Waals surface area (Å²) in [7, 11) is 0. The molecular weight excluding hydrogens is 398 g/mol. The van der Waals surface area contributed by atoms with Crippen molar-refractivity contribution in [1.82, 2.24) is 15.5 Å². The highest BCUT2D eigenvalue weighted by Gasteiger charge is 2.25. The number of hydrogen-bond acceptors (Lipinski definition) is 3. The molecule has 32 heavy (non-hydrogen) atoms. The van der Waals surface area contributed by atoms with E-state index in [1.54, 1.807) is 6.07 Å². The van der Waals surface area contributed by atoms with Crippen LogP contribution >= 0.6 is 0 Å². The average molecular weight is 436 g/mol. The minimum Gasteiger partial charge on any atom is -0.350 e. The van der Waals surface area contributed by atoms with Crippen LogP contribution in [0.3, 0.4) is 0 Å². The van der Waals surface area contributed by atoms with Gasteiger partial charge in [-0.3, -0.25) is 14.5 Å². The summed E-state index contributed by atoms with van der Waals surface area (Å²) in [5.41, 5.74) is 3.89. The van der Waals surface area contributed by atoms with E-state index in [9.17, 15) is 9.59 Å². The maximum atomic E-state index is 13.0. The van der Waals surface area contributed by atoms with Gasteiger partial charge in [-0.2, -0.15) is 0 Å². The Labute approximate surface area is 192 Å². The first-order chi connectivity index (χ1) is 15.4. The Morgan fingerprint density at radius 1 is 1.03 bits per heavy atom. The van der Waals surface area contributed by atoms with E-state index >= 15 is 0 Å². The third-order valence-corrected chi connectivity index (χ3v) is 6.51. The van der Waals surface area contributed by atoms with Gasteiger partial charge in [-0.05, 0) is 61.9 Å². The van der Waals surface area contributed by atoms with Crippen LogP contribution in [0, 0.1) is 12.8 Å². The largest absolute Gasteiger partial charge is 0.350 e. The lowest BCUT2D eigenvalue weighted by molar-refractivity contribution is -0.124. The second kappa shape index (κ2) is 11.3. The highest BCUT2D eigenvalue weighted by molar-refractivity contribution is 5.98. The van der Waals surface area contributed by atoms with Gasteiger partial charge in [0.25, 0.3) is 5.91 Å². The molecule has 0 radical (unpaired) electrons. The summed E-state index contributed by atoms with van der Waals surface area (Å²) in [6.07, 6.45) is 3.80. The lowest BCUT2D eigenvalue weighted by atomic mass is 10.00. The summed E-state index contributed by atoms with van der Waals surface area (Å²) in [5, 5.41) is 6.01. The third-order valence-electron chi connectivity index (χ3n) is 6.51. The summed E-state index contributed by atoms with van der Waals surface area (Å²) >= 11 is 0. The van der Waals surface area contributed by atoms with Crippen LogP contribution in [0.15, 0.2) is 48.5 Å². The average Bonchev–Trinajstić information content (AvgIpc) is 2.78. The van der Waals surface area contributed by atoms with Crippen molar-refractivity contribution >= 4 is 11.8 Å². The van der Waals surface area contributed by atoms with E-state index in [0.29, 0.717) is 18.2 Å². The van der Waals surface area contributed by atoms with Gasteiger partial charge in [-0.1, -0.05) is 62.7 Å². The van der Waals surface area contributed by atoms with Crippen molar-refractivity contribution in [3.05, 3.63) is 70.8 Å². The molecule has 2 unspecified atom stereocenters. The number of hydrogen-bond donors (Lipinski definition) is 2. The molecule has 2 aromatic rings.